The first-order chi connectivity index (χ1) is 12.7. The summed E-state index contributed by atoms with van der Waals surface area (Å²) < 4.78 is 16.1. The van der Waals surface area contributed by atoms with E-state index in [0.29, 0.717) is 30.4 Å². The van der Waals surface area contributed by atoms with Gasteiger partial charge in [0.25, 0.3) is 0 Å². The van der Waals surface area contributed by atoms with Gasteiger partial charge in [-0.2, -0.15) is 4.98 Å². The monoisotopic (exact) mass is 351 g/mol. The fraction of sp³-hybridized carbons (Fsp3) is 0.211. The topological polar surface area (TPSA) is 94.3 Å². The largest absolute Gasteiger partial charge is 0.461 e. The number of fused-ring (bicyclic) bond motifs is 1. The Morgan fingerprint density at radius 1 is 1.19 bits per heavy atom. The molecule has 0 radical (unpaired) electrons. The van der Waals surface area contributed by atoms with Crippen molar-refractivity contribution in [2.75, 3.05) is 0 Å². The maximum absolute atomic E-state index is 12.1. The second kappa shape index (κ2) is 6.87. The van der Waals surface area contributed by atoms with Crippen LogP contribution >= 0.6 is 0 Å². The van der Waals surface area contributed by atoms with E-state index in [-0.39, 0.29) is 12.3 Å². The predicted molar refractivity (Wildman–Crippen MR) is 93.1 cm³/mol. The molecule has 3 aromatic heterocycles. The Bertz CT molecular complexity index is 1030. The molecule has 0 saturated carbocycles. The molecular formula is C19H17N3O4. The highest BCUT2D eigenvalue weighted by molar-refractivity contribution is 5.82. The average Bonchev–Trinajstić information content (AvgIpc) is 3.39. The molecule has 0 aliphatic carbocycles. The van der Waals surface area contributed by atoms with Crippen molar-refractivity contribution < 1.29 is 18.2 Å². The standard InChI is InChI=1S/C19H17N3O4/c1-12-13-5-2-3-6-14(13)25-16(12)11-20-17(23)8-9-18-21-19(22-26-18)15-7-4-10-24-15/h2-7,10H,8-9,11H2,1H3,(H,20,23). The van der Waals surface area contributed by atoms with E-state index < -0.39 is 0 Å². The van der Waals surface area contributed by atoms with Crippen LogP contribution < -0.4 is 5.32 Å². The number of nitrogens with zero attached hydrogens (tertiary/aromatic N) is 2. The molecule has 0 unspecified atom stereocenters. The molecule has 0 aliphatic rings. The van der Waals surface area contributed by atoms with Crippen LogP contribution in [0.2, 0.25) is 0 Å². The molecule has 0 aliphatic heterocycles. The molecule has 4 rings (SSSR count). The van der Waals surface area contributed by atoms with Gasteiger partial charge in [-0.15, -0.1) is 0 Å². The molecule has 26 heavy (non-hydrogen) atoms. The third-order valence-electron chi connectivity index (χ3n) is 4.16. The number of carbonyl (C=O) groups is 1. The van der Waals surface area contributed by atoms with E-state index in [9.17, 15) is 4.79 Å². The van der Waals surface area contributed by atoms with Crippen LogP contribution in [0.25, 0.3) is 22.6 Å². The van der Waals surface area contributed by atoms with Crippen LogP contribution in [0.1, 0.15) is 23.6 Å². The van der Waals surface area contributed by atoms with Crippen LogP contribution in [0.3, 0.4) is 0 Å². The van der Waals surface area contributed by atoms with Crippen LogP contribution in [0.5, 0.6) is 0 Å². The Kier molecular flexibility index (Phi) is 4.27. The minimum atomic E-state index is -0.109. The van der Waals surface area contributed by atoms with E-state index >= 15 is 0 Å². The molecule has 3 heterocycles. The van der Waals surface area contributed by atoms with Crippen molar-refractivity contribution in [2.45, 2.75) is 26.3 Å². The van der Waals surface area contributed by atoms with Crippen molar-refractivity contribution in [3.63, 3.8) is 0 Å². The third-order valence-corrected chi connectivity index (χ3v) is 4.16. The summed E-state index contributed by atoms with van der Waals surface area (Å²) in [6, 6.07) is 11.3. The molecule has 0 saturated heterocycles. The van der Waals surface area contributed by atoms with Gasteiger partial charge in [0, 0.05) is 23.8 Å². The van der Waals surface area contributed by atoms with Crippen LogP contribution in [-0.4, -0.2) is 16.0 Å². The molecule has 1 amide bonds. The lowest BCUT2D eigenvalue weighted by molar-refractivity contribution is -0.121. The van der Waals surface area contributed by atoms with Crippen molar-refractivity contribution in [2.24, 2.45) is 0 Å². The fourth-order valence-corrected chi connectivity index (χ4v) is 2.74. The average molecular weight is 351 g/mol. The number of amides is 1. The van der Waals surface area contributed by atoms with Gasteiger partial charge in [0.15, 0.2) is 5.76 Å². The SMILES string of the molecule is Cc1c(CNC(=O)CCc2nc(-c3ccco3)no2)oc2ccccc12. The number of nitrogens with one attached hydrogen (secondary N) is 1. The summed E-state index contributed by atoms with van der Waals surface area (Å²) in [5, 5.41) is 7.77. The third kappa shape index (κ3) is 3.23. The lowest BCUT2D eigenvalue weighted by Crippen LogP contribution is -2.23. The Morgan fingerprint density at radius 2 is 2.08 bits per heavy atom. The number of carbonyl (C=O) groups excluding carboxylic acids is 1. The molecule has 1 aromatic carbocycles. The van der Waals surface area contributed by atoms with Gasteiger partial charge in [-0.3, -0.25) is 4.79 Å². The van der Waals surface area contributed by atoms with Gasteiger partial charge < -0.3 is 18.7 Å². The first-order valence-electron chi connectivity index (χ1n) is 8.31. The molecule has 0 atom stereocenters. The number of para-hydroxylation sites is 1. The minimum Gasteiger partial charge on any atom is -0.461 e. The summed E-state index contributed by atoms with van der Waals surface area (Å²) >= 11 is 0. The molecule has 4 aromatic rings. The maximum atomic E-state index is 12.1. The summed E-state index contributed by atoms with van der Waals surface area (Å²) in [6.07, 6.45) is 2.15. The van der Waals surface area contributed by atoms with E-state index in [1.165, 1.54) is 0 Å². The smallest absolute Gasteiger partial charge is 0.238 e. The predicted octanol–water partition coefficient (Wildman–Crippen LogP) is 3.63. The van der Waals surface area contributed by atoms with Gasteiger partial charge in [0.2, 0.25) is 17.6 Å². The van der Waals surface area contributed by atoms with E-state index in [1.807, 2.05) is 31.2 Å². The normalized spacial score (nSPS) is 11.1. The highest BCUT2D eigenvalue weighted by atomic mass is 16.5. The molecule has 1 N–H and O–H groups in total. The molecule has 0 spiro atoms. The van der Waals surface area contributed by atoms with E-state index in [4.69, 9.17) is 13.4 Å². The second-order valence-electron chi connectivity index (χ2n) is 5.91. The summed E-state index contributed by atoms with van der Waals surface area (Å²) in [5.74, 6) is 1.96. The highest BCUT2D eigenvalue weighted by Gasteiger charge is 2.14. The van der Waals surface area contributed by atoms with Gasteiger partial charge in [-0.05, 0) is 25.1 Å². The molecule has 7 nitrogen and oxygen atoms in total. The van der Waals surface area contributed by atoms with Crippen molar-refractivity contribution in [3.8, 4) is 11.6 Å². The fourth-order valence-electron chi connectivity index (χ4n) is 2.74. The molecule has 7 heteroatoms. The van der Waals surface area contributed by atoms with Gasteiger partial charge >= 0.3 is 0 Å². The Hall–Kier alpha value is -3.35. The number of hydrogen-bond donors (Lipinski definition) is 1. The summed E-state index contributed by atoms with van der Waals surface area (Å²) in [5.41, 5.74) is 1.87. The summed E-state index contributed by atoms with van der Waals surface area (Å²) in [4.78, 5) is 16.3. The lowest BCUT2D eigenvalue weighted by Gasteiger charge is -2.02. The Balaban J connectivity index is 1.32. The number of benzene rings is 1. The van der Waals surface area contributed by atoms with Crippen molar-refractivity contribution in [1.82, 2.24) is 15.5 Å². The van der Waals surface area contributed by atoms with E-state index in [2.05, 4.69) is 15.5 Å². The summed E-state index contributed by atoms with van der Waals surface area (Å²) in [7, 11) is 0. The molecular weight excluding hydrogens is 334 g/mol. The second-order valence-corrected chi connectivity index (χ2v) is 5.91. The van der Waals surface area contributed by atoms with Gasteiger partial charge in [-0.25, -0.2) is 0 Å². The van der Waals surface area contributed by atoms with Crippen LogP contribution in [0.4, 0.5) is 0 Å². The van der Waals surface area contributed by atoms with E-state index in [1.54, 1.807) is 18.4 Å². The van der Waals surface area contributed by atoms with Gasteiger partial charge in [0.05, 0.1) is 12.8 Å². The first kappa shape index (κ1) is 16.1. The van der Waals surface area contributed by atoms with Gasteiger partial charge in [-0.1, -0.05) is 23.4 Å². The number of rotatable bonds is 6. The number of hydrogen-bond acceptors (Lipinski definition) is 6. The highest BCUT2D eigenvalue weighted by Crippen LogP contribution is 2.24. The number of aryl methyl sites for hydroxylation is 2. The van der Waals surface area contributed by atoms with Crippen LogP contribution in [-0.2, 0) is 17.8 Å². The zero-order chi connectivity index (χ0) is 17.9. The molecule has 0 fully saturated rings. The minimum absolute atomic E-state index is 0.109. The van der Waals surface area contributed by atoms with Crippen LogP contribution in [0.15, 0.2) is 56.0 Å². The molecule has 132 valence electrons. The van der Waals surface area contributed by atoms with Gasteiger partial charge in [0.1, 0.15) is 11.3 Å². The van der Waals surface area contributed by atoms with E-state index in [0.717, 1.165) is 22.3 Å². The Labute approximate surface area is 149 Å². The number of furan rings is 2. The van der Waals surface area contributed by atoms with Crippen molar-refractivity contribution in [1.29, 1.82) is 0 Å². The lowest BCUT2D eigenvalue weighted by atomic mass is 10.1. The molecule has 0 bridgehead atoms. The zero-order valence-corrected chi connectivity index (χ0v) is 14.2. The van der Waals surface area contributed by atoms with Crippen LogP contribution in [0, 0.1) is 6.92 Å². The Morgan fingerprint density at radius 3 is 2.88 bits per heavy atom. The first-order valence-corrected chi connectivity index (χ1v) is 8.31. The zero-order valence-electron chi connectivity index (χ0n) is 14.2. The summed E-state index contributed by atoms with van der Waals surface area (Å²) in [6.45, 7) is 2.34. The quantitative estimate of drug-likeness (QED) is 0.570. The van der Waals surface area contributed by atoms with Crippen molar-refractivity contribution >= 4 is 16.9 Å². The maximum Gasteiger partial charge on any atom is 0.238 e. The number of aromatic nitrogens is 2. The van der Waals surface area contributed by atoms with Crippen molar-refractivity contribution in [3.05, 3.63) is 59.9 Å².